The van der Waals surface area contributed by atoms with Crippen molar-refractivity contribution < 1.29 is 14.1 Å². The van der Waals surface area contributed by atoms with Gasteiger partial charge in [0.1, 0.15) is 11.3 Å². The second kappa shape index (κ2) is 5.85. The number of nitro groups is 1. The first-order chi connectivity index (χ1) is 10.7. The van der Waals surface area contributed by atoms with Crippen molar-refractivity contribution in [1.82, 2.24) is 4.98 Å². The number of nitrogens with zero attached hydrogens (tertiary/aromatic N) is 2. The molecule has 1 heterocycles. The van der Waals surface area contributed by atoms with Gasteiger partial charge in [-0.2, -0.15) is 0 Å². The third-order valence-electron chi connectivity index (χ3n) is 3.22. The first-order valence-corrected chi connectivity index (χ1v) is 6.91. The molecule has 0 fully saturated rings. The van der Waals surface area contributed by atoms with Crippen molar-refractivity contribution in [1.29, 1.82) is 0 Å². The Morgan fingerprint density at radius 1 is 1.23 bits per heavy atom. The number of benzene rings is 2. The molecule has 3 aromatic rings. The van der Waals surface area contributed by atoms with E-state index >= 15 is 0 Å². The molecule has 0 aliphatic rings. The summed E-state index contributed by atoms with van der Waals surface area (Å²) in [5.41, 5.74) is 2.08. The van der Waals surface area contributed by atoms with Crippen LogP contribution in [-0.2, 0) is 6.42 Å². The largest absolute Gasteiger partial charge is 0.494 e. The maximum absolute atomic E-state index is 10.8. The lowest BCUT2D eigenvalue weighted by Crippen LogP contribution is -1.92. The Morgan fingerprint density at radius 3 is 2.68 bits per heavy atom. The van der Waals surface area contributed by atoms with Gasteiger partial charge in [-0.25, -0.2) is 4.98 Å². The zero-order chi connectivity index (χ0) is 15.5. The average Bonchev–Trinajstić information content (AvgIpc) is 2.90. The van der Waals surface area contributed by atoms with Crippen LogP contribution in [0.2, 0.25) is 0 Å². The quantitative estimate of drug-likeness (QED) is 0.529. The predicted octanol–water partition coefficient (Wildman–Crippen LogP) is 3.73. The van der Waals surface area contributed by atoms with E-state index in [1.807, 2.05) is 31.2 Å². The fourth-order valence-electron chi connectivity index (χ4n) is 2.20. The zero-order valence-corrected chi connectivity index (χ0v) is 12.0. The SMILES string of the molecule is CCOc1ccc(Cc2nc3cc([N+](=O)[O-])ccc3o2)cc1. The minimum absolute atomic E-state index is 0.00779. The maximum atomic E-state index is 10.8. The number of nitro benzene ring substituents is 1. The average molecular weight is 298 g/mol. The molecule has 0 saturated carbocycles. The molecule has 0 amide bonds. The van der Waals surface area contributed by atoms with E-state index in [1.165, 1.54) is 12.1 Å². The van der Waals surface area contributed by atoms with Gasteiger partial charge in [0, 0.05) is 18.6 Å². The standard InChI is InChI=1S/C16H14N2O4/c1-2-21-13-6-3-11(4-7-13)9-16-17-14-10-12(18(19)20)5-8-15(14)22-16/h3-8,10H,2,9H2,1H3. The number of ether oxygens (including phenoxy) is 1. The summed E-state index contributed by atoms with van der Waals surface area (Å²) in [6, 6.07) is 12.1. The van der Waals surface area contributed by atoms with Crippen LogP contribution in [-0.4, -0.2) is 16.5 Å². The van der Waals surface area contributed by atoms with Crippen molar-refractivity contribution in [2.45, 2.75) is 13.3 Å². The number of aromatic nitrogens is 1. The molecular weight excluding hydrogens is 284 g/mol. The van der Waals surface area contributed by atoms with Crippen molar-refractivity contribution in [3.63, 3.8) is 0 Å². The molecule has 0 aliphatic heterocycles. The molecule has 0 bridgehead atoms. The Kier molecular flexibility index (Phi) is 3.74. The van der Waals surface area contributed by atoms with Gasteiger partial charge in [-0.1, -0.05) is 12.1 Å². The fraction of sp³-hybridized carbons (Fsp3) is 0.188. The first kappa shape index (κ1) is 14.1. The Morgan fingerprint density at radius 2 is 2.00 bits per heavy atom. The third-order valence-corrected chi connectivity index (χ3v) is 3.22. The maximum Gasteiger partial charge on any atom is 0.271 e. The molecule has 2 aromatic carbocycles. The molecule has 6 nitrogen and oxygen atoms in total. The molecule has 0 spiro atoms. The summed E-state index contributed by atoms with van der Waals surface area (Å²) in [7, 11) is 0. The third kappa shape index (κ3) is 2.90. The highest BCUT2D eigenvalue weighted by Gasteiger charge is 2.12. The van der Waals surface area contributed by atoms with Crippen molar-refractivity contribution in [2.24, 2.45) is 0 Å². The van der Waals surface area contributed by atoms with Crippen LogP contribution >= 0.6 is 0 Å². The van der Waals surface area contributed by atoms with Gasteiger partial charge in [-0.3, -0.25) is 10.1 Å². The Balaban J connectivity index is 1.82. The number of oxazole rings is 1. The molecule has 0 unspecified atom stereocenters. The summed E-state index contributed by atoms with van der Waals surface area (Å²) >= 11 is 0. The van der Waals surface area contributed by atoms with Gasteiger partial charge in [0.15, 0.2) is 11.5 Å². The van der Waals surface area contributed by atoms with E-state index < -0.39 is 4.92 Å². The highest BCUT2D eigenvalue weighted by atomic mass is 16.6. The molecule has 0 atom stereocenters. The van der Waals surface area contributed by atoms with Gasteiger partial charge >= 0.3 is 0 Å². The van der Waals surface area contributed by atoms with E-state index in [2.05, 4.69) is 4.98 Å². The lowest BCUT2D eigenvalue weighted by atomic mass is 10.1. The van der Waals surface area contributed by atoms with Crippen LogP contribution in [0.5, 0.6) is 5.75 Å². The van der Waals surface area contributed by atoms with Crippen molar-refractivity contribution in [2.75, 3.05) is 6.61 Å². The minimum atomic E-state index is -0.444. The summed E-state index contributed by atoms with van der Waals surface area (Å²) in [6.07, 6.45) is 0.523. The summed E-state index contributed by atoms with van der Waals surface area (Å²) in [5.74, 6) is 1.35. The van der Waals surface area contributed by atoms with Crippen LogP contribution in [0.1, 0.15) is 18.4 Å². The summed E-state index contributed by atoms with van der Waals surface area (Å²) in [5, 5.41) is 10.8. The Bertz CT molecular complexity index is 809. The molecule has 22 heavy (non-hydrogen) atoms. The smallest absolute Gasteiger partial charge is 0.271 e. The molecule has 0 aliphatic carbocycles. The molecule has 3 rings (SSSR count). The molecule has 0 saturated heterocycles. The van der Waals surface area contributed by atoms with Gasteiger partial charge in [-0.15, -0.1) is 0 Å². The second-order valence-electron chi connectivity index (χ2n) is 4.77. The summed E-state index contributed by atoms with van der Waals surface area (Å²) in [4.78, 5) is 14.6. The summed E-state index contributed by atoms with van der Waals surface area (Å²) in [6.45, 7) is 2.56. The predicted molar refractivity (Wildman–Crippen MR) is 81.1 cm³/mol. The highest BCUT2D eigenvalue weighted by molar-refractivity contribution is 5.75. The summed E-state index contributed by atoms with van der Waals surface area (Å²) < 4.78 is 11.0. The van der Waals surface area contributed by atoms with Crippen LogP contribution in [0.3, 0.4) is 0 Å². The van der Waals surface area contributed by atoms with Gasteiger partial charge in [0.25, 0.3) is 5.69 Å². The lowest BCUT2D eigenvalue weighted by molar-refractivity contribution is -0.384. The van der Waals surface area contributed by atoms with Crippen LogP contribution in [0.25, 0.3) is 11.1 Å². The lowest BCUT2D eigenvalue weighted by Gasteiger charge is -2.03. The van der Waals surface area contributed by atoms with E-state index in [-0.39, 0.29) is 5.69 Å². The van der Waals surface area contributed by atoms with Gasteiger partial charge in [0.05, 0.1) is 11.5 Å². The number of hydrogen-bond donors (Lipinski definition) is 0. The first-order valence-electron chi connectivity index (χ1n) is 6.91. The Labute approximate surface area is 126 Å². The number of fused-ring (bicyclic) bond motifs is 1. The molecular formula is C16H14N2O4. The molecule has 112 valence electrons. The fourth-order valence-corrected chi connectivity index (χ4v) is 2.20. The van der Waals surface area contributed by atoms with Gasteiger partial charge < -0.3 is 9.15 Å². The molecule has 6 heteroatoms. The minimum Gasteiger partial charge on any atom is -0.494 e. The van der Waals surface area contributed by atoms with Crippen molar-refractivity contribution in [3.8, 4) is 5.75 Å². The van der Waals surface area contributed by atoms with E-state index in [0.29, 0.717) is 30.0 Å². The van der Waals surface area contributed by atoms with Crippen LogP contribution in [0.4, 0.5) is 5.69 Å². The van der Waals surface area contributed by atoms with Crippen molar-refractivity contribution >= 4 is 16.8 Å². The van der Waals surface area contributed by atoms with E-state index in [4.69, 9.17) is 9.15 Å². The molecule has 0 N–H and O–H groups in total. The van der Waals surface area contributed by atoms with E-state index in [9.17, 15) is 10.1 Å². The van der Waals surface area contributed by atoms with Crippen molar-refractivity contribution in [3.05, 3.63) is 64.0 Å². The molecule has 0 radical (unpaired) electrons. The van der Waals surface area contributed by atoms with E-state index in [0.717, 1.165) is 11.3 Å². The van der Waals surface area contributed by atoms with Crippen LogP contribution < -0.4 is 4.74 Å². The topological polar surface area (TPSA) is 78.4 Å². The normalized spacial score (nSPS) is 10.8. The van der Waals surface area contributed by atoms with Crippen LogP contribution in [0, 0.1) is 10.1 Å². The number of hydrogen-bond acceptors (Lipinski definition) is 5. The van der Waals surface area contributed by atoms with E-state index in [1.54, 1.807) is 6.07 Å². The Hall–Kier alpha value is -2.89. The second-order valence-corrected chi connectivity index (χ2v) is 4.77. The van der Waals surface area contributed by atoms with Gasteiger partial charge in [0.2, 0.25) is 0 Å². The highest BCUT2D eigenvalue weighted by Crippen LogP contribution is 2.23. The molecule has 1 aromatic heterocycles. The van der Waals surface area contributed by atoms with Crippen LogP contribution in [0.15, 0.2) is 46.9 Å². The van der Waals surface area contributed by atoms with Gasteiger partial charge in [-0.05, 0) is 30.7 Å². The zero-order valence-electron chi connectivity index (χ0n) is 12.0. The monoisotopic (exact) mass is 298 g/mol. The number of rotatable bonds is 5. The number of non-ortho nitro benzene ring substituents is 1.